The Hall–Kier alpha value is -2.21. The van der Waals surface area contributed by atoms with Crippen LogP contribution < -0.4 is 0 Å². The molecule has 2 aromatic heterocycles. The van der Waals surface area contributed by atoms with Crippen molar-refractivity contribution >= 4 is 22.4 Å². The van der Waals surface area contributed by atoms with Crippen LogP contribution in [0.5, 0.6) is 0 Å². The molecule has 0 unspecified atom stereocenters. The zero-order valence-electron chi connectivity index (χ0n) is 10.4. The van der Waals surface area contributed by atoms with Crippen molar-refractivity contribution < 1.29 is 13.2 Å². The quantitative estimate of drug-likeness (QED) is 0.627. The third kappa shape index (κ3) is 2.67. The topological polar surface area (TPSA) is 38.7 Å². The Kier molecular flexibility index (Phi) is 3.25. The van der Waals surface area contributed by atoms with Crippen LogP contribution in [-0.2, 0) is 6.18 Å². The van der Waals surface area contributed by atoms with E-state index < -0.39 is 17.2 Å². The summed E-state index contributed by atoms with van der Waals surface area (Å²) in [5.41, 5.74) is -0.435. The third-order valence-electron chi connectivity index (χ3n) is 2.95. The van der Waals surface area contributed by atoms with E-state index in [0.717, 1.165) is 11.5 Å². The van der Waals surface area contributed by atoms with Crippen LogP contribution in [-0.4, -0.2) is 15.0 Å². The predicted molar refractivity (Wildman–Crippen MR) is 72.8 cm³/mol. The van der Waals surface area contributed by atoms with Crippen LogP contribution in [0.2, 0.25) is 5.28 Å². The molecule has 0 saturated heterocycles. The molecule has 0 amide bonds. The standard InChI is InChI=1S/C14H7ClF3N3/c15-13-20-11(6-12(21-13)14(16,17)18)9-3-1-2-8-4-5-19-7-10(8)9/h1-7H. The molecule has 0 bridgehead atoms. The number of rotatable bonds is 1. The average Bonchev–Trinajstić information content (AvgIpc) is 2.45. The first kappa shape index (κ1) is 13.8. The Balaban J connectivity index is 2.26. The molecule has 0 aliphatic heterocycles. The SMILES string of the molecule is FC(F)(F)c1cc(-c2cccc3ccncc23)nc(Cl)n1. The number of fused-ring (bicyclic) bond motifs is 1. The Morgan fingerprint density at radius 2 is 1.86 bits per heavy atom. The van der Waals surface area contributed by atoms with Crippen molar-refractivity contribution in [2.24, 2.45) is 0 Å². The van der Waals surface area contributed by atoms with E-state index >= 15 is 0 Å². The summed E-state index contributed by atoms with van der Waals surface area (Å²) in [5, 5.41) is 1.11. The summed E-state index contributed by atoms with van der Waals surface area (Å²) in [5.74, 6) is 0. The first-order valence-electron chi connectivity index (χ1n) is 5.90. The molecule has 0 atom stereocenters. The lowest BCUT2D eigenvalue weighted by Crippen LogP contribution is -2.09. The van der Waals surface area contributed by atoms with Crippen LogP contribution in [0.3, 0.4) is 0 Å². The molecule has 0 aliphatic rings. The monoisotopic (exact) mass is 309 g/mol. The fourth-order valence-electron chi connectivity index (χ4n) is 2.04. The first-order valence-corrected chi connectivity index (χ1v) is 6.28. The molecule has 0 saturated carbocycles. The second kappa shape index (κ2) is 4.96. The van der Waals surface area contributed by atoms with Gasteiger partial charge in [-0.2, -0.15) is 13.2 Å². The molecule has 3 nitrogen and oxygen atoms in total. The minimum Gasteiger partial charge on any atom is -0.264 e. The van der Waals surface area contributed by atoms with Crippen molar-refractivity contribution in [1.29, 1.82) is 0 Å². The van der Waals surface area contributed by atoms with Crippen LogP contribution in [0.1, 0.15) is 5.69 Å². The fourth-order valence-corrected chi connectivity index (χ4v) is 2.22. The lowest BCUT2D eigenvalue weighted by molar-refractivity contribution is -0.141. The second-order valence-corrected chi connectivity index (χ2v) is 4.65. The highest BCUT2D eigenvalue weighted by molar-refractivity contribution is 6.28. The highest BCUT2D eigenvalue weighted by atomic mass is 35.5. The Labute approximate surface area is 122 Å². The summed E-state index contributed by atoms with van der Waals surface area (Å²) in [6, 6.07) is 7.90. The molecule has 0 radical (unpaired) electrons. The van der Waals surface area contributed by atoms with Gasteiger partial charge in [0.25, 0.3) is 0 Å². The molecule has 2 heterocycles. The van der Waals surface area contributed by atoms with E-state index in [9.17, 15) is 13.2 Å². The molecular weight excluding hydrogens is 303 g/mol. The zero-order chi connectivity index (χ0) is 15.0. The van der Waals surface area contributed by atoms with Crippen LogP contribution in [0.15, 0.2) is 42.7 Å². The minimum absolute atomic E-state index is 0.112. The van der Waals surface area contributed by atoms with Crippen molar-refractivity contribution in [2.45, 2.75) is 6.18 Å². The largest absolute Gasteiger partial charge is 0.433 e. The first-order chi connectivity index (χ1) is 9.95. The second-order valence-electron chi connectivity index (χ2n) is 4.31. The van der Waals surface area contributed by atoms with Crippen LogP contribution in [0, 0.1) is 0 Å². The van der Waals surface area contributed by atoms with E-state index in [0.29, 0.717) is 10.9 Å². The molecule has 0 spiro atoms. The Morgan fingerprint density at radius 3 is 2.62 bits per heavy atom. The molecule has 7 heteroatoms. The van der Waals surface area contributed by atoms with Gasteiger partial charge in [0.1, 0.15) is 5.69 Å². The van der Waals surface area contributed by atoms with Gasteiger partial charge in [-0.15, -0.1) is 0 Å². The summed E-state index contributed by atoms with van der Waals surface area (Å²) in [6.07, 6.45) is -1.39. The number of aromatic nitrogens is 3. The van der Waals surface area contributed by atoms with E-state index in [2.05, 4.69) is 15.0 Å². The molecule has 0 fully saturated rings. The number of benzene rings is 1. The van der Waals surface area contributed by atoms with Gasteiger partial charge in [-0.1, -0.05) is 18.2 Å². The van der Waals surface area contributed by atoms with E-state index in [-0.39, 0.29) is 5.69 Å². The molecule has 1 aromatic carbocycles. The molecule has 21 heavy (non-hydrogen) atoms. The maximum Gasteiger partial charge on any atom is 0.433 e. The van der Waals surface area contributed by atoms with Crippen LogP contribution >= 0.6 is 11.6 Å². The van der Waals surface area contributed by atoms with Gasteiger partial charge in [0.15, 0.2) is 0 Å². The highest BCUT2D eigenvalue weighted by Gasteiger charge is 2.33. The Morgan fingerprint density at radius 1 is 1.05 bits per heavy atom. The maximum atomic E-state index is 12.8. The van der Waals surface area contributed by atoms with E-state index in [1.54, 1.807) is 30.6 Å². The van der Waals surface area contributed by atoms with E-state index in [1.807, 2.05) is 6.07 Å². The zero-order valence-corrected chi connectivity index (χ0v) is 11.2. The van der Waals surface area contributed by atoms with Crippen molar-refractivity contribution in [1.82, 2.24) is 15.0 Å². The van der Waals surface area contributed by atoms with Crippen molar-refractivity contribution in [3.63, 3.8) is 0 Å². The van der Waals surface area contributed by atoms with Gasteiger partial charge in [0, 0.05) is 23.3 Å². The summed E-state index contributed by atoms with van der Waals surface area (Å²) >= 11 is 5.62. The van der Waals surface area contributed by atoms with Crippen molar-refractivity contribution in [2.75, 3.05) is 0 Å². The van der Waals surface area contributed by atoms with Gasteiger partial charge in [-0.05, 0) is 29.1 Å². The molecule has 3 aromatic rings. The third-order valence-corrected chi connectivity index (χ3v) is 3.12. The van der Waals surface area contributed by atoms with E-state index in [4.69, 9.17) is 11.6 Å². The average molecular weight is 310 g/mol. The number of nitrogens with zero attached hydrogens (tertiary/aromatic N) is 3. The van der Waals surface area contributed by atoms with Gasteiger partial charge in [0.05, 0.1) is 5.69 Å². The number of halogens is 4. The molecule has 106 valence electrons. The van der Waals surface area contributed by atoms with Gasteiger partial charge >= 0.3 is 6.18 Å². The van der Waals surface area contributed by atoms with Gasteiger partial charge < -0.3 is 0 Å². The van der Waals surface area contributed by atoms with Crippen molar-refractivity contribution in [3.8, 4) is 11.3 Å². The number of alkyl halides is 3. The van der Waals surface area contributed by atoms with Gasteiger partial charge in [-0.3, -0.25) is 4.98 Å². The minimum atomic E-state index is -4.58. The highest BCUT2D eigenvalue weighted by Crippen LogP contribution is 2.33. The van der Waals surface area contributed by atoms with Crippen LogP contribution in [0.4, 0.5) is 13.2 Å². The van der Waals surface area contributed by atoms with E-state index in [1.165, 1.54) is 0 Å². The van der Waals surface area contributed by atoms with Gasteiger partial charge in [-0.25, -0.2) is 9.97 Å². The molecule has 0 aliphatic carbocycles. The number of hydrogen-bond donors (Lipinski definition) is 0. The summed E-state index contributed by atoms with van der Waals surface area (Å²) in [7, 11) is 0. The lowest BCUT2D eigenvalue weighted by atomic mass is 10.0. The molecule has 3 rings (SSSR count). The molecular formula is C14H7ClF3N3. The maximum absolute atomic E-state index is 12.8. The summed E-state index contributed by atoms with van der Waals surface area (Å²) < 4.78 is 38.4. The number of hydrogen-bond acceptors (Lipinski definition) is 3. The van der Waals surface area contributed by atoms with Gasteiger partial charge in [0.2, 0.25) is 5.28 Å². The summed E-state index contributed by atoms with van der Waals surface area (Å²) in [4.78, 5) is 11.1. The fraction of sp³-hybridized carbons (Fsp3) is 0.0714. The Bertz CT molecular complexity index is 813. The normalized spacial score (nSPS) is 11.8. The molecule has 0 N–H and O–H groups in total. The summed E-state index contributed by atoms with van der Waals surface area (Å²) in [6.45, 7) is 0. The predicted octanol–water partition coefficient (Wildman–Crippen LogP) is 4.36. The smallest absolute Gasteiger partial charge is 0.264 e. The number of pyridine rings is 1. The van der Waals surface area contributed by atoms with Crippen molar-refractivity contribution in [3.05, 3.63) is 53.7 Å². The lowest BCUT2D eigenvalue weighted by Gasteiger charge is -2.10. The van der Waals surface area contributed by atoms with Crippen LogP contribution in [0.25, 0.3) is 22.0 Å².